The minimum atomic E-state index is -0.806. The van der Waals surface area contributed by atoms with Crippen LogP contribution in [0.4, 0.5) is 0 Å². The van der Waals surface area contributed by atoms with Crippen molar-refractivity contribution in [3.8, 4) is 0 Å². The van der Waals surface area contributed by atoms with Crippen LogP contribution in [0.15, 0.2) is 24.4 Å². The molecule has 15 heavy (non-hydrogen) atoms. The van der Waals surface area contributed by atoms with Gasteiger partial charge in [-0.25, -0.2) is 0 Å². The third-order valence-corrected chi connectivity index (χ3v) is 2.41. The van der Waals surface area contributed by atoms with Gasteiger partial charge in [-0.2, -0.15) is 0 Å². The molecule has 0 aromatic carbocycles. The van der Waals surface area contributed by atoms with Crippen molar-refractivity contribution >= 4 is 5.97 Å². The van der Waals surface area contributed by atoms with Crippen molar-refractivity contribution in [1.82, 2.24) is 9.88 Å². The predicted octanol–water partition coefficient (Wildman–Crippen LogP) is 1.40. The highest BCUT2D eigenvalue weighted by Gasteiger charge is 2.27. The first kappa shape index (κ1) is 11.7. The normalized spacial score (nSPS) is 14.9. The number of hydrogen-bond acceptors (Lipinski definition) is 3. The van der Waals surface area contributed by atoms with E-state index in [0.717, 1.165) is 5.69 Å². The number of hydrogen-bond donors (Lipinski definition) is 1. The molecule has 4 heteroatoms. The topological polar surface area (TPSA) is 53.4 Å². The van der Waals surface area contributed by atoms with Crippen LogP contribution in [-0.4, -0.2) is 35.1 Å². The monoisotopic (exact) mass is 208 g/mol. The van der Waals surface area contributed by atoms with E-state index < -0.39 is 11.9 Å². The average Bonchev–Trinajstić information content (AvgIpc) is 2.18. The Kier molecular flexibility index (Phi) is 3.80. The van der Waals surface area contributed by atoms with E-state index in [1.807, 2.05) is 37.2 Å². The second-order valence-corrected chi connectivity index (χ2v) is 3.79. The van der Waals surface area contributed by atoms with Gasteiger partial charge in [0, 0.05) is 6.20 Å². The Balaban J connectivity index is 2.99. The number of aliphatic carboxylic acids is 1. The van der Waals surface area contributed by atoms with Gasteiger partial charge in [-0.1, -0.05) is 6.07 Å². The zero-order valence-corrected chi connectivity index (χ0v) is 9.21. The fraction of sp³-hybridized carbons (Fsp3) is 0.455. The van der Waals surface area contributed by atoms with Gasteiger partial charge in [-0.15, -0.1) is 0 Å². The van der Waals surface area contributed by atoms with Crippen molar-refractivity contribution in [2.24, 2.45) is 5.92 Å². The van der Waals surface area contributed by atoms with E-state index in [-0.39, 0.29) is 6.04 Å². The lowest BCUT2D eigenvalue weighted by Crippen LogP contribution is -2.31. The molecule has 0 saturated heterocycles. The summed E-state index contributed by atoms with van der Waals surface area (Å²) >= 11 is 0. The maximum atomic E-state index is 11.0. The van der Waals surface area contributed by atoms with E-state index in [9.17, 15) is 4.79 Å². The van der Waals surface area contributed by atoms with Gasteiger partial charge >= 0.3 is 5.97 Å². The Morgan fingerprint density at radius 1 is 1.47 bits per heavy atom. The smallest absolute Gasteiger partial charge is 0.308 e. The number of carboxylic acid groups (broad SMARTS) is 1. The summed E-state index contributed by atoms with van der Waals surface area (Å²) in [6, 6.07) is 5.35. The van der Waals surface area contributed by atoms with Gasteiger partial charge in [0.2, 0.25) is 0 Å². The van der Waals surface area contributed by atoms with Crippen LogP contribution < -0.4 is 0 Å². The van der Waals surface area contributed by atoms with E-state index in [4.69, 9.17) is 5.11 Å². The third kappa shape index (κ3) is 2.76. The van der Waals surface area contributed by atoms with Crippen LogP contribution in [-0.2, 0) is 4.79 Å². The second kappa shape index (κ2) is 4.89. The molecule has 0 amide bonds. The molecule has 82 valence electrons. The molecule has 1 heterocycles. The van der Waals surface area contributed by atoms with Gasteiger partial charge in [0.1, 0.15) is 0 Å². The van der Waals surface area contributed by atoms with E-state index in [1.165, 1.54) is 0 Å². The molecule has 0 fully saturated rings. The van der Waals surface area contributed by atoms with E-state index in [0.29, 0.717) is 0 Å². The standard InChI is InChI=1S/C11H16N2O2/c1-8(11(14)15)10(13(2)3)9-6-4-5-7-12-9/h4-8,10H,1-3H3,(H,14,15). The van der Waals surface area contributed by atoms with Crippen LogP contribution in [0.5, 0.6) is 0 Å². The molecule has 0 bridgehead atoms. The summed E-state index contributed by atoms with van der Waals surface area (Å²) in [4.78, 5) is 17.0. The maximum absolute atomic E-state index is 11.0. The Labute approximate surface area is 89.6 Å². The zero-order valence-electron chi connectivity index (χ0n) is 9.21. The average molecular weight is 208 g/mol. The van der Waals surface area contributed by atoms with E-state index in [2.05, 4.69) is 4.98 Å². The van der Waals surface area contributed by atoms with Crippen LogP contribution in [0.1, 0.15) is 18.7 Å². The SMILES string of the molecule is CC(C(=O)O)C(c1ccccn1)N(C)C. The molecule has 4 nitrogen and oxygen atoms in total. The molecule has 0 saturated carbocycles. The quantitative estimate of drug-likeness (QED) is 0.812. The van der Waals surface area contributed by atoms with Crippen LogP contribution in [0.2, 0.25) is 0 Å². The van der Waals surface area contributed by atoms with Gasteiger partial charge in [-0.3, -0.25) is 9.78 Å². The molecule has 0 aliphatic rings. The molecule has 1 rings (SSSR count). The molecule has 1 aromatic rings. The van der Waals surface area contributed by atoms with E-state index >= 15 is 0 Å². The van der Waals surface area contributed by atoms with Crippen molar-refractivity contribution in [2.75, 3.05) is 14.1 Å². The Morgan fingerprint density at radius 3 is 2.53 bits per heavy atom. The van der Waals surface area contributed by atoms with Gasteiger partial charge < -0.3 is 10.0 Å². The fourth-order valence-electron chi connectivity index (χ4n) is 1.65. The molecule has 0 spiro atoms. The van der Waals surface area contributed by atoms with Gasteiger partial charge in [0.05, 0.1) is 17.7 Å². The summed E-state index contributed by atoms with van der Waals surface area (Å²) < 4.78 is 0. The molecule has 0 radical (unpaired) electrons. The first-order chi connectivity index (χ1) is 7.04. The van der Waals surface area contributed by atoms with Gasteiger partial charge in [0.15, 0.2) is 0 Å². The molecule has 2 unspecified atom stereocenters. The van der Waals surface area contributed by atoms with Crippen molar-refractivity contribution in [3.05, 3.63) is 30.1 Å². The fourth-order valence-corrected chi connectivity index (χ4v) is 1.65. The molecule has 2 atom stereocenters. The highest BCUT2D eigenvalue weighted by atomic mass is 16.4. The summed E-state index contributed by atoms with van der Waals surface area (Å²) in [6.45, 7) is 1.70. The number of carbonyl (C=O) groups is 1. The van der Waals surface area contributed by atoms with Crippen molar-refractivity contribution in [2.45, 2.75) is 13.0 Å². The molecule has 0 aliphatic carbocycles. The number of aromatic nitrogens is 1. The van der Waals surface area contributed by atoms with Gasteiger partial charge in [0.25, 0.3) is 0 Å². The lowest BCUT2D eigenvalue weighted by Gasteiger charge is -2.26. The summed E-state index contributed by atoms with van der Waals surface area (Å²) in [6.07, 6.45) is 1.68. The Bertz CT molecular complexity index is 325. The maximum Gasteiger partial charge on any atom is 0.308 e. The number of carboxylic acids is 1. The number of rotatable bonds is 4. The summed E-state index contributed by atoms with van der Waals surface area (Å²) in [7, 11) is 3.72. The minimum Gasteiger partial charge on any atom is -0.481 e. The minimum absolute atomic E-state index is 0.191. The molecule has 1 aromatic heterocycles. The second-order valence-electron chi connectivity index (χ2n) is 3.79. The van der Waals surface area contributed by atoms with Gasteiger partial charge in [-0.05, 0) is 33.2 Å². The lowest BCUT2D eigenvalue weighted by molar-refractivity contribution is -0.143. The van der Waals surface area contributed by atoms with Crippen LogP contribution in [0, 0.1) is 5.92 Å². The van der Waals surface area contributed by atoms with Crippen LogP contribution in [0.25, 0.3) is 0 Å². The van der Waals surface area contributed by atoms with Crippen LogP contribution >= 0.6 is 0 Å². The Hall–Kier alpha value is -1.42. The summed E-state index contributed by atoms with van der Waals surface area (Å²) in [5.41, 5.74) is 0.789. The molecule has 1 N–H and O–H groups in total. The van der Waals surface area contributed by atoms with Crippen molar-refractivity contribution in [1.29, 1.82) is 0 Å². The van der Waals surface area contributed by atoms with Crippen LogP contribution in [0.3, 0.4) is 0 Å². The first-order valence-corrected chi connectivity index (χ1v) is 4.84. The lowest BCUT2D eigenvalue weighted by atomic mass is 9.97. The van der Waals surface area contributed by atoms with Crippen molar-refractivity contribution < 1.29 is 9.90 Å². The third-order valence-electron chi connectivity index (χ3n) is 2.41. The zero-order chi connectivity index (χ0) is 11.4. The molecular weight excluding hydrogens is 192 g/mol. The first-order valence-electron chi connectivity index (χ1n) is 4.84. The molecular formula is C11H16N2O2. The molecule has 0 aliphatic heterocycles. The Morgan fingerprint density at radius 2 is 2.13 bits per heavy atom. The number of nitrogens with zero attached hydrogens (tertiary/aromatic N) is 2. The summed E-state index contributed by atoms with van der Waals surface area (Å²) in [5, 5.41) is 9.01. The number of pyridine rings is 1. The van der Waals surface area contributed by atoms with Crippen molar-refractivity contribution in [3.63, 3.8) is 0 Å². The largest absolute Gasteiger partial charge is 0.481 e. The van der Waals surface area contributed by atoms with E-state index in [1.54, 1.807) is 13.1 Å². The highest BCUT2D eigenvalue weighted by Crippen LogP contribution is 2.24. The predicted molar refractivity (Wildman–Crippen MR) is 57.5 cm³/mol. The highest BCUT2D eigenvalue weighted by molar-refractivity contribution is 5.70. The summed E-state index contributed by atoms with van der Waals surface area (Å²) in [5.74, 6) is -1.28.